The molecule has 1 aromatic heterocycles. The number of benzene rings is 1. The molecule has 2 aliphatic rings. The summed E-state index contributed by atoms with van der Waals surface area (Å²) in [7, 11) is 0. The molecular weight excluding hydrogens is 388 g/mol. The van der Waals surface area contributed by atoms with Gasteiger partial charge in [-0.2, -0.15) is 0 Å². The van der Waals surface area contributed by atoms with E-state index in [1.807, 2.05) is 0 Å². The molecule has 4 rings (SSSR count). The summed E-state index contributed by atoms with van der Waals surface area (Å²) in [5.74, 6) is 1.81. The first-order valence-corrected chi connectivity index (χ1v) is 10.0. The average molecular weight is 410 g/mol. The van der Waals surface area contributed by atoms with Gasteiger partial charge in [0.2, 0.25) is 0 Å². The summed E-state index contributed by atoms with van der Waals surface area (Å²) in [4.78, 5) is 9.22. The van der Waals surface area contributed by atoms with Crippen LogP contribution >= 0.6 is 23.2 Å². The number of hydrogen-bond donors (Lipinski definition) is 0. The van der Waals surface area contributed by atoms with Crippen molar-refractivity contribution in [3.05, 3.63) is 52.4 Å². The monoisotopic (exact) mass is 409 g/mol. The van der Waals surface area contributed by atoms with Gasteiger partial charge < -0.3 is 9.64 Å². The minimum Gasteiger partial charge on any atom is -0.493 e. The van der Waals surface area contributed by atoms with E-state index in [1.54, 1.807) is 24.4 Å². The molecule has 0 amide bonds. The van der Waals surface area contributed by atoms with Crippen molar-refractivity contribution in [1.29, 1.82) is 0 Å². The molecule has 0 bridgehead atoms. The van der Waals surface area contributed by atoms with Crippen molar-refractivity contribution in [1.82, 2.24) is 9.88 Å². The molecule has 144 valence electrons. The second kappa shape index (κ2) is 8.21. The van der Waals surface area contributed by atoms with Crippen LogP contribution in [0.15, 0.2) is 36.5 Å². The minimum atomic E-state index is -0.240. The third kappa shape index (κ3) is 4.48. The first-order valence-electron chi connectivity index (χ1n) is 9.27. The summed E-state index contributed by atoms with van der Waals surface area (Å²) in [6, 6.07) is 8.49. The first-order chi connectivity index (χ1) is 13.1. The molecule has 1 aromatic carbocycles. The molecule has 7 heteroatoms. The van der Waals surface area contributed by atoms with E-state index in [1.165, 1.54) is 12.1 Å². The van der Waals surface area contributed by atoms with E-state index in [0.29, 0.717) is 28.6 Å². The maximum atomic E-state index is 13.0. The van der Waals surface area contributed by atoms with Gasteiger partial charge in [-0.15, -0.1) is 0 Å². The Bertz CT molecular complexity index is 789. The maximum absolute atomic E-state index is 13.0. The summed E-state index contributed by atoms with van der Waals surface area (Å²) in [5.41, 5.74) is 0. The normalized spacial score (nSPS) is 23.1. The number of hydrogen-bond acceptors (Lipinski definition) is 4. The molecule has 1 unspecified atom stereocenters. The second-order valence-corrected chi connectivity index (χ2v) is 8.11. The third-order valence-electron chi connectivity index (χ3n) is 5.39. The summed E-state index contributed by atoms with van der Waals surface area (Å²) < 4.78 is 18.8. The fourth-order valence-electron chi connectivity index (χ4n) is 3.97. The molecule has 0 aliphatic carbocycles. The molecule has 2 aromatic rings. The van der Waals surface area contributed by atoms with Crippen LogP contribution in [0.25, 0.3) is 0 Å². The summed E-state index contributed by atoms with van der Waals surface area (Å²) in [6.45, 7) is 4.51. The highest BCUT2D eigenvalue weighted by Gasteiger charge is 2.34. The van der Waals surface area contributed by atoms with Gasteiger partial charge in [0.15, 0.2) is 0 Å². The SMILES string of the molecule is Fc1ccc(OC[C@@H]2CCC3CN(c4ncc(Cl)cc4Cl)CCN3C2)cc1. The lowest BCUT2D eigenvalue weighted by Gasteiger charge is -2.46. The van der Waals surface area contributed by atoms with E-state index >= 15 is 0 Å². The summed E-state index contributed by atoms with van der Waals surface area (Å²) in [6.07, 6.45) is 3.90. The molecule has 3 heterocycles. The molecule has 4 nitrogen and oxygen atoms in total. The molecule has 0 spiro atoms. The number of rotatable bonds is 4. The molecular formula is C20H22Cl2FN3O. The Morgan fingerprint density at radius 1 is 1.11 bits per heavy atom. The molecule has 2 saturated heterocycles. The fourth-order valence-corrected chi connectivity index (χ4v) is 4.47. The molecule has 2 fully saturated rings. The standard InChI is InChI=1S/C20H22Cl2FN3O/c21-15-9-19(22)20(24-10-15)26-8-7-25-11-14(1-4-17(25)12-26)13-27-18-5-2-16(23)3-6-18/h2-3,5-6,9-10,14,17H,1,4,7-8,11-13H2/t14-,17?/m1/s1. The van der Waals surface area contributed by atoms with Crippen LogP contribution in [0, 0.1) is 11.7 Å². The van der Waals surface area contributed by atoms with Gasteiger partial charge in [-0.1, -0.05) is 23.2 Å². The van der Waals surface area contributed by atoms with E-state index in [4.69, 9.17) is 27.9 Å². The van der Waals surface area contributed by atoms with Crippen LogP contribution in [0.5, 0.6) is 5.75 Å². The zero-order valence-electron chi connectivity index (χ0n) is 15.0. The zero-order valence-corrected chi connectivity index (χ0v) is 16.5. The van der Waals surface area contributed by atoms with Gasteiger partial charge in [-0.05, 0) is 43.2 Å². The van der Waals surface area contributed by atoms with Gasteiger partial charge >= 0.3 is 0 Å². The Morgan fingerprint density at radius 2 is 1.93 bits per heavy atom. The number of pyridine rings is 1. The van der Waals surface area contributed by atoms with Crippen molar-refractivity contribution in [3.63, 3.8) is 0 Å². The molecule has 0 radical (unpaired) electrons. The lowest BCUT2D eigenvalue weighted by Crippen LogP contribution is -2.57. The van der Waals surface area contributed by atoms with Gasteiger partial charge in [-0.3, -0.25) is 4.90 Å². The first kappa shape index (κ1) is 18.8. The Hall–Kier alpha value is -1.56. The van der Waals surface area contributed by atoms with Crippen molar-refractivity contribution < 1.29 is 9.13 Å². The van der Waals surface area contributed by atoms with E-state index in [-0.39, 0.29) is 5.82 Å². The maximum Gasteiger partial charge on any atom is 0.147 e. The van der Waals surface area contributed by atoms with Crippen LogP contribution in [0.2, 0.25) is 10.0 Å². The van der Waals surface area contributed by atoms with Gasteiger partial charge in [0, 0.05) is 44.3 Å². The van der Waals surface area contributed by atoms with Gasteiger partial charge in [0.1, 0.15) is 17.4 Å². The van der Waals surface area contributed by atoms with Crippen LogP contribution < -0.4 is 9.64 Å². The summed E-state index contributed by atoms with van der Waals surface area (Å²) >= 11 is 12.3. The Balaban J connectivity index is 1.31. The number of ether oxygens (including phenoxy) is 1. The van der Waals surface area contributed by atoms with Crippen LogP contribution in [0.4, 0.5) is 10.2 Å². The minimum absolute atomic E-state index is 0.240. The van der Waals surface area contributed by atoms with Crippen molar-refractivity contribution in [2.75, 3.05) is 37.7 Å². The molecule has 0 N–H and O–H groups in total. The highest BCUT2D eigenvalue weighted by atomic mass is 35.5. The number of nitrogens with zero attached hydrogens (tertiary/aromatic N) is 3. The number of halogens is 3. The van der Waals surface area contributed by atoms with Crippen molar-refractivity contribution in [2.24, 2.45) is 5.92 Å². The van der Waals surface area contributed by atoms with E-state index in [0.717, 1.165) is 50.6 Å². The largest absolute Gasteiger partial charge is 0.493 e. The smallest absolute Gasteiger partial charge is 0.147 e. The molecule has 2 atom stereocenters. The number of aromatic nitrogens is 1. The lowest BCUT2D eigenvalue weighted by atomic mass is 9.91. The lowest BCUT2D eigenvalue weighted by molar-refractivity contribution is 0.0727. The predicted molar refractivity (Wildman–Crippen MR) is 106 cm³/mol. The van der Waals surface area contributed by atoms with E-state index in [9.17, 15) is 4.39 Å². The van der Waals surface area contributed by atoms with Crippen LogP contribution in [0.3, 0.4) is 0 Å². The number of anilines is 1. The second-order valence-electron chi connectivity index (χ2n) is 7.26. The van der Waals surface area contributed by atoms with Gasteiger partial charge in [-0.25, -0.2) is 9.37 Å². The highest BCUT2D eigenvalue weighted by Crippen LogP contribution is 2.31. The predicted octanol–water partition coefficient (Wildman–Crippen LogP) is 4.51. The number of fused-ring (bicyclic) bond motifs is 1. The molecule has 2 aliphatic heterocycles. The van der Waals surface area contributed by atoms with Gasteiger partial charge in [0.05, 0.1) is 16.7 Å². The van der Waals surface area contributed by atoms with Crippen molar-refractivity contribution in [2.45, 2.75) is 18.9 Å². The zero-order chi connectivity index (χ0) is 18.8. The highest BCUT2D eigenvalue weighted by molar-refractivity contribution is 6.36. The summed E-state index contributed by atoms with van der Waals surface area (Å²) in [5, 5.41) is 1.17. The van der Waals surface area contributed by atoms with Crippen molar-refractivity contribution >= 4 is 29.0 Å². The third-order valence-corrected chi connectivity index (χ3v) is 5.88. The average Bonchev–Trinajstić information content (AvgIpc) is 2.67. The number of piperidine rings is 1. The van der Waals surface area contributed by atoms with Crippen LogP contribution in [0.1, 0.15) is 12.8 Å². The molecule has 0 saturated carbocycles. The Kier molecular flexibility index (Phi) is 5.71. The molecule has 27 heavy (non-hydrogen) atoms. The topological polar surface area (TPSA) is 28.6 Å². The van der Waals surface area contributed by atoms with Gasteiger partial charge in [0.25, 0.3) is 0 Å². The quantitative estimate of drug-likeness (QED) is 0.742. The number of piperazine rings is 1. The van der Waals surface area contributed by atoms with Crippen LogP contribution in [-0.2, 0) is 0 Å². The van der Waals surface area contributed by atoms with E-state index < -0.39 is 0 Å². The fraction of sp³-hybridized carbons (Fsp3) is 0.450. The van der Waals surface area contributed by atoms with Crippen molar-refractivity contribution in [3.8, 4) is 5.75 Å². The Labute approximate surface area is 168 Å². The Morgan fingerprint density at radius 3 is 2.70 bits per heavy atom. The van der Waals surface area contributed by atoms with E-state index in [2.05, 4.69) is 14.8 Å². The van der Waals surface area contributed by atoms with Crippen LogP contribution in [-0.4, -0.2) is 48.7 Å².